The van der Waals surface area contributed by atoms with Crippen molar-refractivity contribution in [1.29, 1.82) is 0 Å². The Hall–Kier alpha value is -1.62. The number of hydrogen-bond donors (Lipinski definition) is 2. The number of carboxylic acids is 1. The third-order valence-electron chi connectivity index (χ3n) is 3.65. The SMILES string of the molecule is CCC(O)(CC(C)(C)c1ccc(F)c(OC)c1)C(=O)O. The van der Waals surface area contributed by atoms with Crippen molar-refractivity contribution in [2.75, 3.05) is 7.11 Å². The van der Waals surface area contributed by atoms with Gasteiger partial charge in [0, 0.05) is 0 Å². The van der Waals surface area contributed by atoms with Gasteiger partial charge in [-0.05, 0) is 36.0 Å². The summed E-state index contributed by atoms with van der Waals surface area (Å²) in [4.78, 5) is 11.2. The molecule has 1 rings (SSSR count). The first-order valence-electron chi connectivity index (χ1n) is 6.46. The maximum absolute atomic E-state index is 13.4. The fourth-order valence-electron chi connectivity index (χ4n) is 2.27. The molecule has 1 aromatic carbocycles. The summed E-state index contributed by atoms with van der Waals surface area (Å²) in [6.45, 7) is 5.24. The molecule has 0 aliphatic heterocycles. The van der Waals surface area contributed by atoms with Gasteiger partial charge in [0.1, 0.15) is 0 Å². The second-order valence-electron chi connectivity index (χ2n) is 5.60. The van der Waals surface area contributed by atoms with E-state index in [-0.39, 0.29) is 18.6 Å². The molecule has 0 fully saturated rings. The number of aliphatic hydroxyl groups is 1. The van der Waals surface area contributed by atoms with Gasteiger partial charge in [0.2, 0.25) is 0 Å². The van der Waals surface area contributed by atoms with Crippen molar-refractivity contribution in [2.45, 2.75) is 44.6 Å². The Bertz CT molecular complexity index is 499. The topological polar surface area (TPSA) is 66.8 Å². The highest BCUT2D eigenvalue weighted by atomic mass is 19.1. The molecule has 1 unspecified atom stereocenters. The van der Waals surface area contributed by atoms with Gasteiger partial charge in [0.25, 0.3) is 0 Å². The normalized spacial score (nSPS) is 14.7. The molecule has 2 N–H and O–H groups in total. The summed E-state index contributed by atoms with van der Waals surface area (Å²) in [6.07, 6.45) is 0.130. The minimum Gasteiger partial charge on any atom is -0.494 e. The average Bonchev–Trinajstić information content (AvgIpc) is 2.38. The van der Waals surface area contributed by atoms with Gasteiger partial charge in [0.05, 0.1) is 7.11 Å². The molecule has 112 valence electrons. The molecular weight excluding hydrogens is 263 g/mol. The van der Waals surface area contributed by atoms with Crippen molar-refractivity contribution in [3.8, 4) is 5.75 Å². The number of carbonyl (C=O) groups is 1. The monoisotopic (exact) mass is 284 g/mol. The Morgan fingerprint density at radius 3 is 2.45 bits per heavy atom. The number of ether oxygens (including phenoxy) is 1. The molecule has 0 spiro atoms. The van der Waals surface area contributed by atoms with Crippen LogP contribution in [0.15, 0.2) is 18.2 Å². The number of rotatable bonds is 6. The largest absolute Gasteiger partial charge is 0.494 e. The van der Waals surface area contributed by atoms with Crippen LogP contribution in [0.5, 0.6) is 5.75 Å². The van der Waals surface area contributed by atoms with E-state index in [2.05, 4.69) is 0 Å². The van der Waals surface area contributed by atoms with Gasteiger partial charge in [-0.25, -0.2) is 9.18 Å². The van der Waals surface area contributed by atoms with E-state index in [9.17, 15) is 14.3 Å². The van der Waals surface area contributed by atoms with E-state index in [1.165, 1.54) is 19.2 Å². The smallest absolute Gasteiger partial charge is 0.335 e. The Morgan fingerprint density at radius 2 is 2.00 bits per heavy atom. The third-order valence-corrected chi connectivity index (χ3v) is 3.65. The first kappa shape index (κ1) is 16.4. The molecule has 20 heavy (non-hydrogen) atoms. The highest BCUT2D eigenvalue weighted by molar-refractivity contribution is 5.77. The second-order valence-corrected chi connectivity index (χ2v) is 5.60. The van der Waals surface area contributed by atoms with Crippen LogP contribution in [0.1, 0.15) is 39.2 Å². The van der Waals surface area contributed by atoms with Crippen molar-refractivity contribution in [3.05, 3.63) is 29.6 Å². The maximum atomic E-state index is 13.4. The summed E-state index contributed by atoms with van der Waals surface area (Å²) in [5, 5.41) is 19.3. The minimum atomic E-state index is -1.80. The van der Waals surface area contributed by atoms with E-state index in [1.807, 2.05) is 13.8 Å². The van der Waals surface area contributed by atoms with Gasteiger partial charge in [-0.1, -0.05) is 26.8 Å². The van der Waals surface area contributed by atoms with Crippen molar-refractivity contribution in [3.63, 3.8) is 0 Å². The first-order chi connectivity index (χ1) is 9.16. The lowest BCUT2D eigenvalue weighted by Gasteiger charge is -2.33. The summed E-state index contributed by atoms with van der Waals surface area (Å²) in [5.74, 6) is -1.62. The number of aliphatic carboxylic acids is 1. The van der Waals surface area contributed by atoms with Crippen LogP contribution in [-0.4, -0.2) is 28.9 Å². The summed E-state index contributed by atoms with van der Waals surface area (Å²) >= 11 is 0. The van der Waals surface area contributed by atoms with Crippen molar-refractivity contribution >= 4 is 5.97 Å². The Morgan fingerprint density at radius 1 is 1.40 bits per heavy atom. The van der Waals surface area contributed by atoms with Gasteiger partial charge < -0.3 is 14.9 Å². The highest BCUT2D eigenvalue weighted by Gasteiger charge is 2.40. The molecule has 0 aromatic heterocycles. The minimum absolute atomic E-state index is 0.0284. The zero-order valence-corrected chi connectivity index (χ0v) is 12.2. The first-order valence-corrected chi connectivity index (χ1v) is 6.46. The molecular formula is C15H21FO4. The molecule has 0 saturated heterocycles. The molecule has 0 aliphatic carbocycles. The van der Waals surface area contributed by atoms with Gasteiger partial charge >= 0.3 is 5.97 Å². The summed E-state index contributed by atoms with van der Waals surface area (Å²) in [6, 6.07) is 4.39. The molecule has 4 nitrogen and oxygen atoms in total. The number of hydrogen-bond acceptors (Lipinski definition) is 3. The zero-order chi connectivity index (χ0) is 15.6. The predicted octanol–water partition coefficient (Wildman–Crippen LogP) is 2.73. The summed E-state index contributed by atoms with van der Waals surface area (Å²) in [5.41, 5.74) is -1.72. The second kappa shape index (κ2) is 5.79. The Kier molecular flexibility index (Phi) is 4.76. The molecule has 1 aromatic rings. The summed E-state index contributed by atoms with van der Waals surface area (Å²) < 4.78 is 18.4. The number of carboxylic acid groups (broad SMARTS) is 1. The van der Waals surface area contributed by atoms with Crippen LogP contribution in [-0.2, 0) is 10.2 Å². The molecule has 0 heterocycles. The highest BCUT2D eigenvalue weighted by Crippen LogP contribution is 2.36. The van der Waals surface area contributed by atoms with E-state index in [4.69, 9.17) is 9.84 Å². The van der Waals surface area contributed by atoms with Crippen LogP contribution in [0.4, 0.5) is 4.39 Å². The molecule has 0 radical (unpaired) electrons. The average molecular weight is 284 g/mol. The lowest BCUT2D eigenvalue weighted by atomic mass is 9.74. The predicted molar refractivity (Wildman–Crippen MR) is 73.5 cm³/mol. The molecule has 5 heteroatoms. The Labute approximate surface area is 118 Å². The van der Waals surface area contributed by atoms with Crippen molar-refractivity contribution in [1.82, 2.24) is 0 Å². The van der Waals surface area contributed by atoms with E-state index in [1.54, 1.807) is 13.0 Å². The molecule has 0 aliphatic rings. The number of halogens is 1. The number of benzene rings is 1. The third kappa shape index (κ3) is 3.28. The fraction of sp³-hybridized carbons (Fsp3) is 0.533. The maximum Gasteiger partial charge on any atom is 0.335 e. The van der Waals surface area contributed by atoms with E-state index >= 15 is 0 Å². The molecule has 0 saturated carbocycles. The van der Waals surface area contributed by atoms with Gasteiger partial charge in [-0.15, -0.1) is 0 Å². The van der Waals surface area contributed by atoms with Crippen molar-refractivity contribution in [2.24, 2.45) is 0 Å². The van der Waals surface area contributed by atoms with E-state index in [0.717, 1.165) is 0 Å². The van der Waals surface area contributed by atoms with Gasteiger partial charge in [0.15, 0.2) is 17.2 Å². The van der Waals surface area contributed by atoms with E-state index in [0.29, 0.717) is 5.56 Å². The summed E-state index contributed by atoms with van der Waals surface area (Å²) in [7, 11) is 1.37. The van der Waals surface area contributed by atoms with Crippen LogP contribution in [0.2, 0.25) is 0 Å². The fourth-order valence-corrected chi connectivity index (χ4v) is 2.27. The molecule has 0 amide bonds. The quantitative estimate of drug-likeness (QED) is 0.843. The Balaban J connectivity index is 3.13. The lowest BCUT2D eigenvalue weighted by molar-refractivity contribution is -0.161. The number of methoxy groups -OCH3 is 1. The van der Waals surface area contributed by atoms with Crippen LogP contribution in [0.25, 0.3) is 0 Å². The lowest BCUT2D eigenvalue weighted by Crippen LogP contribution is -2.43. The van der Waals surface area contributed by atoms with E-state index < -0.39 is 22.8 Å². The zero-order valence-electron chi connectivity index (χ0n) is 12.2. The van der Waals surface area contributed by atoms with Crippen molar-refractivity contribution < 1.29 is 24.1 Å². The van der Waals surface area contributed by atoms with Crippen LogP contribution in [0, 0.1) is 5.82 Å². The molecule has 0 bridgehead atoms. The standard InChI is InChI=1S/C15H21FO4/c1-5-15(19,13(17)18)9-14(2,3)10-6-7-11(16)12(8-10)20-4/h6-8,19H,5,9H2,1-4H3,(H,17,18). The van der Waals surface area contributed by atoms with Crippen LogP contribution in [0.3, 0.4) is 0 Å². The van der Waals surface area contributed by atoms with Crippen LogP contribution >= 0.6 is 0 Å². The van der Waals surface area contributed by atoms with Gasteiger partial charge in [-0.3, -0.25) is 0 Å². The van der Waals surface area contributed by atoms with Crippen LogP contribution < -0.4 is 4.74 Å². The van der Waals surface area contributed by atoms with Gasteiger partial charge in [-0.2, -0.15) is 0 Å². The molecule has 1 atom stereocenters.